The maximum atomic E-state index is 13.9. The maximum absolute atomic E-state index is 13.9. The highest BCUT2D eigenvalue weighted by atomic mass is 16.7. The zero-order valence-electron chi connectivity index (χ0n) is 36.0. The van der Waals surface area contributed by atoms with Crippen molar-refractivity contribution in [3.05, 3.63) is 29.3 Å². The summed E-state index contributed by atoms with van der Waals surface area (Å²) in [5, 5.41) is 5.98. The van der Waals surface area contributed by atoms with Gasteiger partial charge >= 0.3 is 25.3 Å². The fraction of sp³-hybridized carbons (Fsp3) is 0.762. The Morgan fingerprint density at radius 1 is 0.911 bits per heavy atom. The zero-order chi connectivity index (χ0) is 41.6. The zero-order valence-corrected chi connectivity index (χ0v) is 36.0. The Bertz CT molecular complexity index is 1630. The lowest BCUT2D eigenvalue weighted by Gasteiger charge is -2.64. The van der Waals surface area contributed by atoms with E-state index in [9.17, 15) is 19.2 Å². The van der Waals surface area contributed by atoms with Gasteiger partial charge in [0, 0.05) is 25.6 Å². The SMILES string of the molecule is COc1c(CC(NC(=O)CC2CC(N(CCNC(=O)OC(C)(C)C)C(=O)OC(C)(C)C)C2)B2OC3CC4CC(C4(C)C)[C@@]3(C)O2)cccc1C(=O)OC(C)(C)C. The average molecular weight is 784 g/mol. The molecule has 6 rings (SSSR count). The molecule has 2 N–H and O–H groups in total. The first-order chi connectivity index (χ1) is 25.8. The minimum Gasteiger partial charge on any atom is -0.496 e. The highest BCUT2D eigenvalue weighted by Crippen LogP contribution is 2.65. The number of methoxy groups -OCH3 is 1. The van der Waals surface area contributed by atoms with E-state index >= 15 is 0 Å². The van der Waals surface area contributed by atoms with Gasteiger partial charge in [0.15, 0.2) is 0 Å². The van der Waals surface area contributed by atoms with Gasteiger partial charge in [-0.3, -0.25) is 4.79 Å². The van der Waals surface area contributed by atoms with E-state index in [4.69, 9.17) is 28.3 Å². The van der Waals surface area contributed by atoms with Crippen LogP contribution in [-0.2, 0) is 34.7 Å². The van der Waals surface area contributed by atoms with Gasteiger partial charge in [-0.25, -0.2) is 14.4 Å². The molecule has 13 nitrogen and oxygen atoms in total. The Hall–Kier alpha value is -3.52. The van der Waals surface area contributed by atoms with Crippen molar-refractivity contribution in [2.24, 2.45) is 23.2 Å². The molecule has 1 aromatic carbocycles. The Kier molecular flexibility index (Phi) is 12.5. The van der Waals surface area contributed by atoms with Gasteiger partial charge in [0.25, 0.3) is 0 Å². The van der Waals surface area contributed by atoms with Gasteiger partial charge in [-0.1, -0.05) is 26.0 Å². The molecule has 2 bridgehead atoms. The summed E-state index contributed by atoms with van der Waals surface area (Å²) in [4.78, 5) is 54.4. The summed E-state index contributed by atoms with van der Waals surface area (Å²) in [7, 11) is 0.808. The number of carbonyl (C=O) groups excluding carboxylic acids is 4. The van der Waals surface area contributed by atoms with Crippen LogP contribution < -0.4 is 15.4 Å². The first-order valence-corrected chi connectivity index (χ1v) is 20.3. The Morgan fingerprint density at radius 2 is 1.55 bits per heavy atom. The molecule has 0 aromatic heterocycles. The number of alkyl carbamates (subject to hydrolysis) is 1. The minimum absolute atomic E-state index is 0.0213. The molecule has 5 aliphatic rings. The second-order valence-corrected chi connectivity index (χ2v) is 20.0. The predicted molar refractivity (Wildman–Crippen MR) is 212 cm³/mol. The molecule has 1 aromatic rings. The smallest absolute Gasteiger partial charge is 0.482 e. The lowest BCUT2D eigenvalue weighted by atomic mass is 9.43. The van der Waals surface area contributed by atoms with E-state index in [2.05, 4.69) is 31.4 Å². The van der Waals surface area contributed by atoms with E-state index < -0.39 is 53.6 Å². The van der Waals surface area contributed by atoms with Crippen LogP contribution in [0.5, 0.6) is 5.75 Å². The molecule has 3 amide bonds. The second kappa shape index (κ2) is 16.0. The number of para-hydroxylation sites is 1. The third kappa shape index (κ3) is 10.1. The minimum atomic E-state index is -0.715. The average Bonchev–Trinajstić information content (AvgIpc) is 3.39. The van der Waals surface area contributed by atoms with Gasteiger partial charge in [-0.05, 0) is 136 Å². The maximum Gasteiger partial charge on any atom is 0.482 e. The molecule has 4 saturated carbocycles. The van der Waals surface area contributed by atoms with Gasteiger partial charge in [0.2, 0.25) is 5.91 Å². The fourth-order valence-corrected chi connectivity index (χ4v) is 8.99. The van der Waals surface area contributed by atoms with Crippen LogP contribution in [0.25, 0.3) is 0 Å². The number of amides is 3. The first kappa shape index (κ1) is 43.6. The molecule has 1 heterocycles. The Balaban J connectivity index is 1.29. The van der Waals surface area contributed by atoms with Gasteiger partial charge in [0.05, 0.1) is 24.8 Å². The number of hydrogen-bond acceptors (Lipinski definition) is 10. The van der Waals surface area contributed by atoms with Crippen molar-refractivity contribution >= 4 is 31.2 Å². The summed E-state index contributed by atoms with van der Waals surface area (Å²) < 4.78 is 36.1. The molecular formula is C42H66BN3O10. The molecule has 1 saturated heterocycles. The molecule has 4 unspecified atom stereocenters. The molecule has 0 radical (unpaired) electrons. The number of esters is 1. The van der Waals surface area contributed by atoms with Crippen molar-refractivity contribution in [2.75, 3.05) is 20.2 Å². The van der Waals surface area contributed by atoms with Crippen LogP contribution in [0.3, 0.4) is 0 Å². The third-order valence-electron chi connectivity index (χ3n) is 11.8. The quantitative estimate of drug-likeness (QED) is 0.131. The van der Waals surface area contributed by atoms with E-state index in [1.807, 2.05) is 47.6 Å². The highest BCUT2D eigenvalue weighted by molar-refractivity contribution is 6.48. The number of rotatable bonds is 12. The van der Waals surface area contributed by atoms with Crippen LogP contribution >= 0.6 is 0 Å². The summed E-state index contributed by atoms with van der Waals surface area (Å²) in [6, 6.07) is 5.20. The monoisotopic (exact) mass is 783 g/mol. The van der Waals surface area contributed by atoms with Crippen LogP contribution in [0, 0.1) is 23.2 Å². The van der Waals surface area contributed by atoms with Crippen molar-refractivity contribution < 1.29 is 47.4 Å². The van der Waals surface area contributed by atoms with E-state index in [0.717, 1.165) is 18.4 Å². The lowest BCUT2D eigenvalue weighted by molar-refractivity contribution is -0.199. The number of benzene rings is 1. The van der Waals surface area contributed by atoms with Gasteiger partial charge in [-0.2, -0.15) is 0 Å². The summed E-state index contributed by atoms with van der Waals surface area (Å²) in [6.07, 6.45) is 2.62. The number of nitrogens with one attached hydrogen (secondary N) is 2. The van der Waals surface area contributed by atoms with E-state index in [-0.39, 0.29) is 48.9 Å². The molecular weight excluding hydrogens is 717 g/mol. The summed E-state index contributed by atoms with van der Waals surface area (Å²) >= 11 is 0. The van der Waals surface area contributed by atoms with Crippen molar-refractivity contribution in [3.63, 3.8) is 0 Å². The lowest BCUT2D eigenvalue weighted by Crippen LogP contribution is -2.65. The van der Waals surface area contributed by atoms with Crippen molar-refractivity contribution in [3.8, 4) is 5.75 Å². The second-order valence-electron chi connectivity index (χ2n) is 20.0. The molecule has 5 fully saturated rings. The topological polar surface area (TPSA) is 151 Å². The van der Waals surface area contributed by atoms with Crippen molar-refractivity contribution in [1.82, 2.24) is 15.5 Å². The molecule has 14 heteroatoms. The molecule has 5 atom stereocenters. The van der Waals surface area contributed by atoms with E-state index in [0.29, 0.717) is 42.4 Å². The fourth-order valence-electron chi connectivity index (χ4n) is 8.99. The van der Waals surface area contributed by atoms with E-state index in [1.165, 1.54) is 7.11 Å². The van der Waals surface area contributed by atoms with Crippen LogP contribution in [-0.4, -0.2) is 96.8 Å². The Labute approximate surface area is 334 Å². The van der Waals surface area contributed by atoms with Crippen molar-refractivity contribution in [1.29, 1.82) is 0 Å². The van der Waals surface area contributed by atoms with Crippen LogP contribution in [0.4, 0.5) is 9.59 Å². The van der Waals surface area contributed by atoms with Gasteiger partial charge < -0.3 is 43.8 Å². The van der Waals surface area contributed by atoms with Crippen LogP contribution in [0.15, 0.2) is 18.2 Å². The number of carbonyl (C=O) groups is 4. The van der Waals surface area contributed by atoms with Gasteiger partial charge in [-0.15, -0.1) is 0 Å². The van der Waals surface area contributed by atoms with Crippen LogP contribution in [0.2, 0.25) is 0 Å². The predicted octanol–water partition coefficient (Wildman–Crippen LogP) is 6.88. The largest absolute Gasteiger partial charge is 0.496 e. The highest BCUT2D eigenvalue weighted by Gasteiger charge is 2.68. The normalized spacial score (nSPS) is 27.1. The summed E-state index contributed by atoms with van der Waals surface area (Å²) in [5.74, 6) is 0.0697. The number of nitrogens with zero attached hydrogens (tertiary/aromatic N) is 1. The first-order valence-electron chi connectivity index (χ1n) is 20.3. The number of hydrogen-bond donors (Lipinski definition) is 2. The van der Waals surface area contributed by atoms with E-state index in [1.54, 1.807) is 37.8 Å². The van der Waals surface area contributed by atoms with Crippen LogP contribution in [0.1, 0.15) is 131 Å². The standard InChI is InChI=1S/C42H66BN3O10/c1-38(2,3)52-35(48)29-16-14-15-26(34(29)51-13)22-32(43-55-31-24-27-23-30(41(27,10)11)42(31,12)56-43)45-33(47)21-25-19-28(20-25)46(37(50)54-40(7,8)9)18-17-44-36(49)53-39(4,5)6/h14-16,25,27-28,30-32H,17-24H2,1-13H3,(H,44,49)(H,45,47)/t25?,27?,28?,30?,31?,32?,42-/m1/s1. The summed E-state index contributed by atoms with van der Waals surface area (Å²) in [5.41, 5.74) is -1.35. The molecule has 4 aliphatic carbocycles. The Morgan fingerprint density at radius 3 is 2.14 bits per heavy atom. The third-order valence-corrected chi connectivity index (χ3v) is 11.8. The summed E-state index contributed by atoms with van der Waals surface area (Å²) in [6.45, 7) is 23.4. The molecule has 1 aliphatic heterocycles. The molecule has 56 heavy (non-hydrogen) atoms. The molecule has 0 spiro atoms. The van der Waals surface area contributed by atoms with Gasteiger partial charge in [0.1, 0.15) is 28.1 Å². The molecule has 312 valence electrons. The van der Waals surface area contributed by atoms with Crippen molar-refractivity contribution in [2.45, 2.75) is 162 Å². The number of ether oxygens (including phenoxy) is 4.